The molecule has 0 atom stereocenters. The van der Waals surface area contributed by atoms with E-state index < -0.39 is 35.9 Å². The quantitative estimate of drug-likeness (QED) is 0.0551. The highest BCUT2D eigenvalue weighted by Gasteiger charge is 2.30. The number of aromatic carboxylic acids is 2. The number of phenols is 1. The predicted octanol–water partition coefficient (Wildman–Crippen LogP) is 7.60. The minimum atomic E-state index is -1.43. The molecule has 0 aromatic heterocycles. The number of nitrogens with one attached hydrogen (secondary N) is 3. The number of rotatable bonds is 9. The van der Waals surface area contributed by atoms with Gasteiger partial charge in [0.25, 0.3) is 5.91 Å². The Bertz CT molecular complexity index is 3210. The van der Waals surface area contributed by atoms with Crippen molar-refractivity contribution in [1.29, 1.82) is 5.41 Å². The van der Waals surface area contributed by atoms with Crippen molar-refractivity contribution in [3.05, 3.63) is 145 Å². The van der Waals surface area contributed by atoms with Crippen LogP contribution in [0.25, 0.3) is 66.8 Å². The maximum atomic E-state index is 13.6. The van der Waals surface area contributed by atoms with Crippen molar-refractivity contribution in [2.75, 3.05) is 12.3 Å². The van der Waals surface area contributed by atoms with E-state index in [-0.39, 0.29) is 78.1 Å². The summed E-state index contributed by atoms with van der Waals surface area (Å²) in [4.78, 5) is 64.2. The number of halogens is 2. The summed E-state index contributed by atoms with van der Waals surface area (Å²) in [6.45, 7) is -0.698. The van der Waals surface area contributed by atoms with Gasteiger partial charge in [-0.2, -0.15) is 0 Å². The van der Waals surface area contributed by atoms with Gasteiger partial charge in [-0.05, 0) is 71.8 Å². The smallest absolute Gasteiger partial charge is 0.337 e. The molecule has 2 aliphatic carbocycles. The Kier molecular flexibility index (Phi) is 9.95. The number of phenolic OH excluding ortho intramolecular Hbond substituents is 1. The standard InChI is InChI=1S/C44H28Cl2N4O10/c45-31-16-30(41(46)40(39(31)44(57)58)38-27-7-2-20(47)12-32(27)59-33-13-21(48)3-8-28(33)38)42(54)50-18-36(53)49-17-19-1-6-24(29(11-19)43(55)56)37-25-9-4-22(51)14-34(25)60-35-15-23(52)5-10-26(35)37/h1-16,47,51H,17-18,48H2,(H,49,53)(H,50,54)(H,55,56)(H,57,58). The van der Waals surface area contributed by atoms with E-state index in [0.29, 0.717) is 44.3 Å². The fourth-order valence-electron chi connectivity index (χ4n) is 7.18. The SMILES string of the molecule is N=c1ccc2c(-c3c(Cl)c(C(=O)NCC(=O)NCc4ccc(-c5c6ccc(=O)cc-6oc6cc(O)ccc56)c(C(=O)O)c4)cc(Cl)c3C(=O)O)c3ccc(N)cc3oc-2c1. The Morgan fingerprint density at radius 1 is 0.683 bits per heavy atom. The van der Waals surface area contributed by atoms with Crippen molar-refractivity contribution < 1.29 is 43.3 Å². The van der Waals surface area contributed by atoms with Crippen LogP contribution in [0.2, 0.25) is 10.0 Å². The number of anilines is 1. The summed E-state index contributed by atoms with van der Waals surface area (Å²) in [5, 5.41) is 44.3. The zero-order valence-electron chi connectivity index (χ0n) is 30.7. The van der Waals surface area contributed by atoms with Crippen molar-refractivity contribution in [3.63, 3.8) is 0 Å². The van der Waals surface area contributed by atoms with E-state index >= 15 is 0 Å². The highest BCUT2D eigenvalue weighted by atomic mass is 35.5. The fourth-order valence-corrected chi connectivity index (χ4v) is 7.79. The van der Waals surface area contributed by atoms with E-state index in [0.717, 1.165) is 6.07 Å². The number of carbonyl (C=O) groups excluding carboxylic acids is 2. The first-order chi connectivity index (χ1) is 28.7. The average molecular weight is 844 g/mol. The minimum Gasteiger partial charge on any atom is -0.508 e. The lowest BCUT2D eigenvalue weighted by Gasteiger charge is -2.20. The summed E-state index contributed by atoms with van der Waals surface area (Å²) in [6.07, 6.45) is 0. The molecule has 16 heteroatoms. The molecule has 8 N–H and O–H groups in total. The van der Waals surface area contributed by atoms with Crippen LogP contribution in [0.4, 0.5) is 5.69 Å². The van der Waals surface area contributed by atoms with Gasteiger partial charge < -0.3 is 45.9 Å². The second kappa shape index (κ2) is 15.2. The molecule has 0 saturated heterocycles. The molecule has 0 fully saturated rings. The van der Waals surface area contributed by atoms with Gasteiger partial charge in [-0.15, -0.1) is 0 Å². The largest absolute Gasteiger partial charge is 0.508 e. The molecule has 298 valence electrons. The Balaban J connectivity index is 1.07. The van der Waals surface area contributed by atoms with Gasteiger partial charge in [0, 0.05) is 75.1 Å². The number of amides is 2. The van der Waals surface area contributed by atoms with E-state index in [1.165, 1.54) is 54.6 Å². The van der Waals surface area contributed by atoms with Crippen molar-refractivity contribution in [3.8, 4) is 50.7 Å². The van der Waals surface area contributed by atoms with E-state index in [1.54, 1.807) is 36.4 Å². The normalized spacial score (nSPS) is 11.3. The van der Waals surface area contributed by atoms with Crippen molar-refractivity contribution >= 4 is 74.6 Å². The number of carboxylic acids is 2. The molecule has 4 aliphatic rings. The van der Waals surface area contributed by atoms with Gasteiger partial charge in [0.15, 0.2) is 5.43 Å². The molecule has 14 nitrogen and oxygen atoms in total. The average Bonchev–Trinajstić information content (AvgIpc) is 3.20. The van der Waals surface area contributed by atoms with E-state index in [2.05, 4.69) is 10.6 Å². The summed E-state index contributed by atoms with van der Waals surface area (Å²) < 4.78 is 11.9. The van der Waals surface area contributed by atoms with E-state index in [4.69, 9.17) is 43.2 Å². The number of hydrogen-bond acceptors (Lipinski definition) is 10. The number of benzene rings is 6. The third kappa shape index (κ3) is 7.10. The predicted molar refractivity (Wildman–Crippen MR) is 223 cm³/mol. The van der Waals surface area contributed by atoms with Gasteiger partial charge in [-0.1, -0.05) is 35.3 Å². The molecule has 0 bridgehead atoms. The van der Waals surface area contributed by atoms with Crippen molar-refractivity contribution in [2.24, 2.45) is 0 Å². The van der Waals surface area contributed by atoms with Crippen LogP contribution in [0.15, 0.2) is 111 Å². The molecule has 0 unspecified atom stereocenters. The third-order valence-corrected chi connectivity index (χ3v) is 10.5. The number of hydrogen-bond donors (Lipinski definition) is 7. The minimum absolute atomic E-state index is 0.0923. The highest BCUT2D eigenvalue weighted by molar-refractivity contribution is 6.41. The highest BCUT2D eigenvalue weighted by Crippen LogP contribution is 2.47. The lowest BCUT2D eigenvalue weighted by molar-refractivity contribution is -0.120. The summed E-state index contributed by atoms with van der Waals surface area (Å²) in [5.41, 5.74) is 7.91. The van der Waals surface area contributed by atoms with Crippen LogP contribution < -0.4 is 27.2 Å². The molecular weight excluding hydrogens is 815 g/mol. The van der Waals surface area contributed by atoms with Crippen LogP contribution in [-0.2, 0) is 11.3 Å². The number of nitrogens with two attached hydrogens (primary N) is 1. The Morgan fingerprint density at radius 3 is 2.10 bits per heavy atom. The van der Waals surface area contributed by atoms with Gasteiger partial charge in [0.05, 0.1) is 38.6 Å². The third-order valence-electron chi connectivity index (χ3n) is 9.83. The lowest BCUT2D eigenvalue weighted by Crippen LogP contribution is -2.36. The Labute approximate surface area is 347 Å². The number of carboxylic acid groups (broad SMARTS) is 2. The molecule has 2 heterocycles. The zero-order chi connectivity index (χ0) is 42.6. The Hall–Kier alpha value is -7.68. The molecule has 0 radical (unpaired) electrons. The number of fused-ring (bicyclic) bond motifs is 4. The van der Waals surface area contributed by atoms with Gasteiger partial charge in [-0.3, -0.25) is 14.4 Å². The molecule has 2 aliphatic heterocycles. The summed E-state index contributed by atoms with van der Waals surface area (Å²) in [7, 11) is 0. The van der Waals surface area contributed by atoms with Crippen molar-refractivity contribution in [2.45, 2.75) is 6.54 Å². The van der Waals surface area contributed by atoms with Gasteiger partial charge >= 0.3 is 11.9 Å². The maximum absolute atomic E-state index is 13.6. The van der Waals surface area contributed by atoms with Crippen LogP contribution in [0.1, 0.15) is 36.6 Å². The summed E-state index contributed by atoms with van der Waals surface area (Å²) in [6, 6.07) is 23.4. The van der Waals surface area contributed by atoms with Crippen LogP contribution in [0.3, 0.4) is 0 Å². The first-order valence-electron chi connectivity index (χ1n) is 17.9. The number of nitrogen functional groups attached to an aromatic ring is 1. The fraction of sp³-hybridized carbons (Fsp3) is 0.0455. The molecule has 60 heavy (non-hydrogen) atoms. The second-order valence-corrected chi connectivity index (χ2v) is 14.5. The number of carbonyl (C=O) groups is 4. The summed E-state index contributed by atoms with van der Waals surface area (Å²) >= 11 is 13.4. The second-order valence-electron chi connectivity index (χ2n) is 13.7. The van der Waals surface area contributed by atoms with Crippen LogP contribution >= 0.6 is 23.2 Å². The Morgan fingerprint density at radius 2 is 1.35 bits per heavy atom. The topological polar surface area (TPSA) is 246 Å². The van der Waals surface area contributed by atoms with E-state index in [1.807, 2.05) is 0 Å². The van der Waals surface area contributed by atoms with E-state index in [9.17, 15) is 39.3 Å². The van der Waals surface area contributed by atoms with Crippen LogP contribution in [-0.4, -0.2) is 45.6 Å². The maximum Gasteiger partial charge on any atom is 0.337 e. The molecule has 8 rings (SSSR count). The van der Waals surface area contributed by atoms with Crippen LogP contribution in [0, 0.1) is 5.41 Å². The molecule has 0 saturated carbocycles. The first kappa shape index (κ1) is 39.2. The molecule has 4 aromatic carbocycles. The number of aromatic hydroxyl groups is 1. The van der Waals surface area contributed by atoms with Crippen LogP contribution in [0.5, 0.6) is 5.75 Å². The zero-order valence-corrected chi connectivity index (χ0v) is 32.2. The molecular formula is C44H28Cl2N4O10. The molecule has 0 spiro atoms. The first-order valence-corrected chi connectivity index (χ1v) is 18.6. The van der Waals surface area contributed by atoms with Gasteiger partial charge in [-0.25, -0.2) is 9.59 Å². The van der Waals surface area contributed by atoms with Gasteiger partial charge in [0.2, 0.25) is 5.91 Å². The van der Waals surface area contributed by atoms with Crippen molar-refractivity contribution in [1.82, 2.24) is 10.6 Å². The molecule has 4 aromatic rings. The monoisotopic (exact) mass is 842 g/mol. The lowest BCUT2D eigenvalue weighted by atomic mass is 9.89. The summed E-state index contributed by atoms with van der Waals surface area (Å²) in [5.74, 6) is -3.91. The molecule has 2 amide bonds. The van der Waals surface area contributed by atoms with Gasteiger partial charge in [0.1, 0.15) is 28.4 Å².